The lowest BCUT2D eigenvalue weighted by Crippen LogP contribution is -2.11. The number of hydrogen-bond acceptors (Lipinski definition) is 4. The third-order valence-corrected chi connectivity index (χ3v) is 3.21. The van der Waals surface area contributed by atoms with Crippen LogP contribution in [0.5, 0.6) is 5.75 Å². The molecule has 0 fully saturated rings. The van der Waals surface area contributed by atoms with Crippen LogP contribution in [0.25, 0.3) is 0 Å². The highest BCUT2D eigenvalue weighted by Crippen LogP contribution is 2.26. The van der Waals surface area contributed by atoms with Crippen LogP contribution in [-0.2, 0) is 16.1 Å². The summed E-state index contributed by atoms with van der Waals surface area (Å²) >= 11 is 3.49. The lowest BCUT2D eigenvalue weighted by molar-refractivity contribution is -0.140. The largest absolute Gasteiger partial charge is 0.492 e. The summed E-state index contributed by atoms with van der Waals surface area (Å²) in [6, 6.07) is 6.01. The van der Waals surface area contributed by atoms with Crippen LogP contribution in [-0.4, -0.2) is 26.2 Å². The maximum atomic E-state index is 10.9. The van der Waals surface area contributed by atoms with Crippen molar-refractivity contribution >= 4 is 21.9 Å². The van der Waals surface area contributed by atoms with Gasteiger partial charge in [0.2, 0.25) is 0 Å². The fourth-order valence-corrected chi connectivity index (χ4v) is 2.08. The van der Waals surface area contributed by atoms with E-state index in [2.05, 4.69) is 32.9 Å². The van der Waals surface area contributed by atoms with Crippen molar-refractivity contribution in [1.82, 2.24) is 5.32 Å². The molecule has 0 saturated heterocycles. The highest BCUT2D eigenvalue weighted by atomic mass is 79.9. The van der Waals surface area contributed by atoms with Crippen LogP contribution < -0.4 is 10.1 Å². The van der Waals surface area contributed by atoms with Crippen LogP contribution in [0, 0.1) is 0 Å². The zero-order valence-corrected chi connectivity index (χ0v) is 13.0. The Balaban J connectivity index is 2.39. The molecule has 0 unspecified atom stereocenters. The highest BCUT2D eigenvalue weighted by Gasteiger charge is 2.04. The molecule has 1 rings (SSSR count). The Morgan fingerprint density at radius 1 is 1.42 bits per heavy atom. The summed E-state index contributed by atoms with van der Waals surface area (Å²) < 4.78 is 11.1. The molecule has 0 heterocycles. The number of ether oxygens (including phenoxy) is 2. The lowest BCUT2D eigenvalue weighted by atomic mass is 10.2. The van der Waals surface area contributed by atoms with E-state index in [9.17, 15) is 4.79 Å². The zero-order valence-electron chi connectivity index (χ0n) is 11.4. The van der Waals surface area contributed by atoms with Crippen LogP contribution in [0.4, 0.5) is 0 Å². The highest BCUT2D eigenvalue weighted by molar-refractivity contribution is 9.10. The predicted octanol–water partition coefficient (Wildman–Crippen LogP) is 2.89. The number of nitrogens with one attached hydrogen (secondary N) is 1. The molecule has 1 aromatic carbocycles. The van der Waals surface area contributed by atoms with Gasteiger partial charge in [-0.1, -0.05) is 13.0 Å². The van der Waals surface area contributed by atoms with Crippen LogP contribution in [0.15, 0.2) is 22.7 Å². The second-order valence-corrected chi connectivity index (χ2v) is 4.93. The van der Waals surface area contributed by atoms with Crippen molar-refractivity contribution in [2.45, 2.75) is 26.3 Å². The molecule has 0 saturated carbocycles. The first kappa shape index (κ1) is 16.0. The summed E-state index contributed by atoms with van der Waals surface area (Å²) in [5.41, 5.74) is 1.20. The van der Waals surface area contributed by atoms with Gasteiger partial charge in [0.05, 0.1) is 18.2 Å². The normalized spacial score (nSPS) is 10.3. The van der Waals surface area contributed by atoms with E-state index in [0.717, 1.165) is 23.3 Å². The van der Waals surface area contributed by atoms with Gasteiger partial charge in [0.1, 0.15) is 5.75 Å². The fourth-order valence-electron chi connectivity index (χ4n) is 1.54. The Morgan fingerprint density at radius 2 is 2.21 bits per heavy atom. The van der Waals surface area contributed by atoms with Gasteiger partial charge in [-0.3, -0.25) is 4.79 Å². The van der Waals surface area contributed by atoms with Gasteiger partial charge in [-0.05, 0) is 46.6 Å². The number of halogens is 1. The van der Waals surface area contributed by atoms with Gasteiger partial charge in [0.15, 0.2) is 0 Å². The van der Waals surface area contributed by atoms with Crippen molar-refractivity contribution in [3.63, 3.8) is 0 Å². The van der Waals surface area contributed by atoms with E-state index in [4.69, 9.17) is 4.74 Å². The number of carbonyl (C=O) groups is 1. The maximum Gasteiger partial charge on any atom is 0.305 e. The molecule has 19 heavy (non-hydrogen) atoms. The van der Waals surface area contributed by atoms with E-state index < -0.39 is 0 Å². The van der Waals surface area contributed by atoms with Crippen molar-refractivity contribution in [1.29, 1.82) is 0 Å². The van der Waals surface area contributed by atoms with Crippen molar-refractivity contribution in [2.75, 3.05) is 20.3 Å². The standard InChI is InChI=1S/C14H20BrNO3/c1-3-16-10-11-6-7-13(12(15)9-11)19-8-4-5-14(17)18-2/h6-7,9,16H,3-5,8,10H2,1-2H3. The van der Waals surface area contributed by atoms with Gasteiger partial charge in [-0.2, -0.15) is 0 Å². The van der Waals surface area contributed by atoms with Gasteiger partial charge in [-0.15, -0.1) is 0 Å². The first-order chi connectivity index (χ1) is 9.17. The SMILES string of the molecule is CCNCc1ccc(OCCCC(=O)OC)c(Br)c1. The van der Waals surface area contributed by atoms with E-state index in [1.54, 1.807) is 0 Å². The van der Waals surface area contributed by atoms with Crippen molar-refractivity contribution in [3.8, 4) is 5.75 Å². The minimum absolute atomic E-state index is 0.205. The zero-order chi connectivity index (χ0) is 14.1. The molecule has 0 aromatic heterocycles. The second kappa shape index (κ2) is 8.93. The van der Waals surface area contributed by atoms with E-state index in [-0.39, 0.29) is 5.97 Å². The molecule has 0 aliphatic heterocycles. The van der Waals surface area contributed by atoms with E-state index in [1.807, 2.05) is 18.2 Å². The van der Waals surface area contributed by atoms with Crippen LogP contribution in [0.3, 0.4) is 0 Å². The van der Waals surface area contributed by atoms with Crippen LogP contribution in [0.1, 0.15) is 25.3 Å². The maximum absolute atomic E-state index is 10.9. The minimum Gasteiger partial charge on any atom is -0.492 e. The molecule has 0 radical (unpaired) electrons. The summed E-state index contributed by atoms with van der Waals surface area (Å²) in [5.74, 6) is 0.591. The van der Waals surface area contributed by atoms with Crippen molar-refractivity contribution < 1.29 is 14.3 Å². The Kier molecular flexibility index (Phi) is 7.52. The van der Waals surface area contributed by atoms with Crippen molar-refractivity contribution in [2.24, 2.45) is 0 Å². The molecular weight excluding hydrogens is 310 g/mol. The first-order valence-electron chi connectivity index (χ1n) is 6.36. The molecule has 0 amide bonds. The van der Waals surface area contributed by atoms with Crippen LogP contribution in [0.2, 0.25) is 0 Å². The van der Waals surface area contributed by atoms with Gasteiger partial charge >= 0.3 is 5.97 Å². The molecule has 0 aliphatic rings. The van der Waals surface area contributed by atoms with Gasteiger partial charge in [0, 0.05) is 13.0 Å². The van der Waals surface area contributed by atoms with Gasteiger partial charge in [0.25, 0.3) is 0 Å². The first-order valence-corrected chi connectivity index (χ1v) is 7.15. The topological polar surface area (TPSA) is 47.6 Å². The smallest absolute Gasteiger partial charge is 0.305 e. The molecular formula is C14H20BrNO3. The molecule has 0 bridgehead atoms. The Labute approximate surface area is 122 Å². The third kappa shape index (κ3) is 6.07. The second-order valence-electron chi connectivity index (χ2n) is 4.07. The molecule has 0 spiro atoms. The quantitative estimate of drug-likeness (QED) is 0.588. The van der Waals surface area contributed by atoms with Gasteiger partial charge in [-0.25, -0.2) is 0 Å². The molecule has 5 heteroatoms. The Hall–Kier alpha value is -1.07. The molecule has 4 nitrogen and oxygen atoms in total. The number of carbonyl (C=O) groups excluding carboxylic acids is 1. The third-order valence-electron chi connectivity index (χ3n) is 2.59. The Bertz CT molecular complexity index is 410. The molecule has 0 atom stereocenters. The summed E-state index contributed by atoms with van der Waals surface area (Å²) in [5, 5.41) is 3.27. The summed E-state index contributed by atoms with van der Waals surface area (Å²) in [6.07, 6.45) is 1.03. The predicted molar refractivity (Wildman–Crippen MR) is 78.3 cm³/mol. The number of methoxy groups -OCH3 is 1. The molecule has 106 valence electrons. The average molecular weight is 330 g/mol. The number of benzene rings is 1. The van der Waals surface area contributed by atoms with Crippen LogP contribution >= 0.6 is 15.9 Å². The summed E-state index contributed by atoms with van der Waals surface area (Å²) in [4.78, 5) is 10.9. The number of rotatable bonds is 8. The Morgan fingerprint density at radius 3 is 2.84 bits per heavy atom. The number of esters is 1. The summed E-state index contributed by atoms with van der Waals surface area (Å²) in [6.45, 7) is 4.37. The van der Waals surface area contributed by atoms with E-state index in [1.165, 1.54) is 12.7 Å². The number of hydrogen-bond donors (Lipinski definition) is 1. The van der Waals surface area contributed by atoms with E-state index >= 15 is 0 Å². The van der Waals surface area contributed by atoms with Crippen molar-refractivity contribution in [3.05, 3.63) is 28.2 Å². The monoisotopic (exact) mass is 329 g/mol. The minimum atomic E-state index is -0.205. The lowest BCUT2D eigenvalue weighted by Gasteiger charge is -2.10. The average Bonchev–Trinajstić information content (AvgIpc) is 2.42. The molecule has 0 aliphatic carbocycles. The van der Waals surface area contributed by atoms with Gasteiger partial charge < -0.3 is 14.8 Å². The van der Waals surface area contributed by atoms with E-state index in [0.29, 0.717) is 19.4 Å². The summed E-state index contributed by atoms with van der Waals surface area (Å²) in [7, 11) is 1.39. The molecule has 1 N–H and O–H groups in total. The molecule has 1 aromatic rings. The fraction of sp³-hybridized carbons (Fsp3) is 0.500.